The van der Waals surface area contributed by atoms with Crippen LogP contribution in [0, 0.1) is 17.6 Å². The third-order valence-electron chi connectivity index (χ3n) is 7.59. The Balaban J connectivity index is 1.51. The minimum atomic E-state index is -0.900. The van der Waals surface area contributed by atoms with Crippen molar-refractivity contribution in [3.63, 3.8) is 0 Å². The fraction of sp³-hybridized carbons (Fsp3) is 0.258. The summed E-state index contributed by atoms with van der Waals surface area (Å²) < 4.78 is 29.3. The van der Waals surface area contributed by atoms with Gasteiger partial charge in [-0.3, -0.25) is 24.4 Å². The topological polar surface area (TPSA) is 134 Å². The number of aliphatic imine (C=N–C) groups is 1. The van der Waals surface area contributed by atoms with Crippen LogP contribution in [0.1, 0.15) is 55.5 Å². The number of rotatable bonds is 4. The number of fused-ring (bicyclic) bond motifs is 2. The van der Waals surface area contributed by atoms with Gasteiger partial charge in [0.15, 0.2) is 5.82 Å². The van der Waals surface area contributed by atoms with Crippen molar-refractivity contribution in [1.29, 1.82) is 0 Å². The minimum Gasteiger partial charge on any atom is -0.397 e. The van der Waals surface area contributed by atoms with Gasteiger partial charge in [-0.15, -0.1) is 0 Å². The van der Waals surface area contributed by atoms with Crippen LogP contribution < -0.4 is 16.6 Å². The van der Waals surface area contributed by atoms with E-state index in [0.29, 0.717) is 36.2 Å². The lowest BCUT2D eigenvalue weighted by molar-refractivity contribution is -0.129. The smallest absolute Gasteiger partial charge is 0.250 e. The molecule has 0 fully saturated rings. The van der Waals surface area contributed by atoms with Gasteiger partial charge < -0.3 is 20.9 Å². The highest BCUT2D eigenvalue weighted by molar-refractivity contribution is 6.31. The number of hydrogen-bond acceptors (Lipinski definition) is 6. The van der Waals surface area contributed by atoms with Crippen molar-refractivity contribution in [2.75, 3.05) is 6.54 Å². The highest BCUT2D eigenvalue weighted by Gasteiger charge is 2.31. The van der Waals surface area contributed by atoms with Crippen molar-refractivity contribution in [1.82, 2.24) is 20.2 Å². The quantitative estimate of drug-likeness (QED) is 0.283. The van der Waals surface area contributed by atoms with Gasteiger partial charge in [-0.1, -0.05) is 24.9 Å². The van der Waals surface area contributed by atoms with Gasteiger partial charge in [-0.2, -0.15) is 0 Å². The highest BCUT2D eigenvalue weighted by atomic mass is 35.5. The molecule has 0 saturated carbocycles. The summed E-state index contributed by atoms with van der Waals surface area (Å²) in [7, 11) is 0. The number of nitrogens with two attached hydrogens (primary N) is 1. The molecule has 222 valence electrons. The number of hydrogen-bond donors (Lipinski definition) is 3. The van der Waals surface area contributed by atoms with Crippen LogP contribution in [0.2, 0.25) is 5.02 Å². The average molecular weight is 607 g/mol. The van der Waals surface area contributed by atoms with Gasteiger partial charge in [-0.25, -0.2) is 8.78 Å². The summed E-state index contributed by atoms with van der Waals surface area (Å²) in [6.45, 7) is 1.99. The number of amides is 2. The van der Waals surface area contributed by atoms with Gasteiger partial charge in [0.1, 0.15) is 5.82 Å². The van der Waals surface area contributed by atoms with E-state index in [2.05, 4.69) is 20.3 Å². The normalized spacial score (nSPS) is 20.0. The molecule has 2 amide bonds. The fourth-order valence-corrected chi connectivity index (χ4v) is 5.38. The Morgan fingerprint density at radius 1 is 1.14 bits per heavy atom. The number of carbonyl (C=O) groups is 2. The Bertz CT molecular complexity index is 1730. The zero-order valence-corrected chi connectivity index (χ0v) is 24.0. The third-order valence-corrected chi connectivity index (χ3v) is 7.88. The second kappa shape index (κ2) is 12.7. The molecule has 2 aliphatic rings. The lowest BCUT2D eigenvalue weighted by Gasteiger charge is -2.34. The number of nitrogens with zero attached hydrogens (tertiary/aromatic N) is 3. The van der Waals surface area contributed by atoms with Crippen LogP contribution in [-0.2, 0) is 9.59 Å². The molecule has 2 unspecified atom stereocenters. The maximum absolute atomic E-state index is 14.7. The zero-order chi connectivity index (χ0) is 30.7. The Morgan fingerprint density at radius 2 is 1.95 bits per heavy atom. The van der Waals surface area contributed by atoms with Crippen LogP contribution in [0.3, 0.4) is 0 Å². The van der Waals surface area contributed by atoms with E-state index in [-0.39, 0.29) is 57.9 Å². The van der Waals surface area contributed by atoms with E-state index in [1.54, 1.807) is 36.2 Å². The number of aromatic amines is 1. The van der Waals surface area contributed by atoms with Crippen LogP contribution in [0.15, 0.2) is 70.4 Å². The first-order valence-electron chi connectivity index (χ1n) is 13.8. The predicted octanol–water partition coefficient (Wildman–Crippen LogP) is 5.02. The van der Waals surface area contributed by atoms with Gasteiger partial charge in [0, 0.05) is 42.6 Å². The lowest BCUT2D eigenvalue weighted by Crippen LogP contribution is -2.38. The molecule has 1 aromatic carbocycles. The molecule has 0 aliphatic carbocycles. The summed E-state index contributed by atoms with van der Waals surface area (Å²) in [5, 5.41) is 2.64. The Kier molecular flexibility index (Phi) is 8.81. The van der Waals surface area contributed by atoms with Gasteiger partial charge in [0.05, 0.1) is 45.6 Å². The molecule has 3 aromatic rings. The molecule has 2 aromatic heterocycles. The fourth-order valence-electron chi connectivity index (χ4n) is 5.23. The Morgan fingerprint density at radius 3 is 2.72 bits per heavy atom. The van der Waals surface area contributed by atoms with Crippen LogP contribution in [0.5, 0.6) is 0 Å². The second-order valence-electron chi connectivity index (χ2n) is 10.5. The number of halogens is 3. The van der Waals surface area contributed by atoms with E-state index in [1.165, 1.54) is 24.6 Å². The van der Waals surface area contributed by atoms with Crippen LogP contribution >= 0.6 is 11.6 Å². The molecule has 2 bridgehead atoms. The number of nitrogens with one attached hydrogen (secondary N) is 2. The van der Waals surface area contributed by atoms with Gasteiger partial charge >= 0.3 is 0 Å². The predicted molar refractivity (Wildman–Crippen MR) is 160 cm³/mol. The molecule has 43 heavy (non-hydrogen) atoms. The monoisotopic (exact) mass is 606 g/mol. The minimum absolute atomic E-state index is 0.197. The third kappa shape index (κ3) is 6.56. The van der Waals surface area contributed by atoms with E-state index in [9.17, 15) is 23.2 Å². The molecule has 0 saturated heterocycles. The summed E-state index contributed by atoms with van der Waals surface area (Å²) in [6.07, 6.45) is 7.50. The SMILES string of the molecule is CC1CCCC(N2CCC(c3c(F)ccc(Cl)c3F)=CC2=O)c2cc(ccn2)C(N)=C(C=Nc2cc[nH]c(=O)c2)NC1=O. The Labute approximate surface area is 251 Å². The van der Waals surface area contributed by atoms with E-state index in [4.69, 9.17) is 17.3 Å². The second-order valence-corrected chi connectivity index (χ2v) is 10.9. The standard InChI is InChI=1S/C31H29ClF2N6O3/c1-17-3-2-4-25(40-12-9-18(14-27(40)42)28-22(33)6-5-21(32)29(28)34)23-13-19(7-10-36-23)30(35)24(39-31(17)43)16-38-20-8-11-37-26(41)15-20/h5-8,10-11,13-17,25H,2-4,9,12,35H2,1H3,(H,37,41)(H,39,43). The summed E-state index contributed by atoms with van der Waals surface area (Å²) in [4.78, 5) is 51.2. The number of benzene rings is 1. The largest absolute Gasteiger partial charge is 0.397 e. The summed E-state index contributed by atoms with van der Waals surface area (Å²) in [5.41, 5.74) is 8.12. The van der Waals surface area contributed by atoms with Crippen LogP contribution in [0.25, 0.3) is 11.3 Å². The maximum atomic E-state index is 14.7. The Hall–Kier alpha value is -4.64. The van der Waals surface area contributed by atoms with Crippen molar-refractivity contribution >= 4 is 46.6 Å². The van der Waals surface area contributed by atoms with Crippen molar-refractivity contribution in [3.05, 3.63) is 104 Å². The van der Waals surface area contributed by atoms with Crippen LogP contribution in [-0.4, -0.2) is 39.4 Å². The first-order valence-corrected chi connectivity index (χ1v) is 14.1. The van der Waals surface area contributed by atoms with Crippen molar-refractivity contribution in [2.24, 2.45) is 16.6 Å². The zero-order valence-electron chi connectivity index (χ0n) is 23.2. The summed E-state index contributed by atoms with van der Waals surface area (Å²) in [6, 6.07) is 8.09. The highest BCUT2D eigenvalue weighted by Crippen LogP contribution is 2.35. The van der Waals surface area contributed by atoms with Gasteiger partial charge in [-0.05, 0) is 55.2 Å². The first kappa shape index (κ1) is 29.8. The number of H-pyrrole nitrogens is 1. The van der Waals surface area contributed by atoms with E-state index < -0.39 is 23.6 Å². The molecule has 4 N–H and O–H groups in total. The molecular formula is C31H29ClF2N6O3. The molecule has 2 aliphatic heterocycles. The molecule has 0 radical (unpaired) electrons. The summed E-state index contributed by atoms with van der Waals surface area (Å²) >= 11 is 5.88. The molecule has 2 atom stereocenters. The molecule has 12 heteroatoms. The first-order chi connectivity index (χ1) is 20.6. The average Bonchev–Trinajstić information content (AvgIpc) is 2.99. The van der Waals surface area contributed by atoms with E-state index >= 15 is 0 Å². The number of pyridine rings is 2. The maximum Gasteiger partial charge on any atom is 0.250 e. The number of allylic oxidation sites excluding steroid dienone is 1. The van der Waals surface area contributed by atoms with E-state index in [0.717, 1.165) is 12.1 Å². The van der Waals surface area contributed by atoms with Gasteiger partial charge in [0.2, 0.25) is 17.4 Å². The molecule has 9 nitrogen and oxygen atoms in total. The van der Waals surface area contributed by atoms with Crippen molar-refractivity contribution < 1.29 is 18.4 Å². The summed E-state index contributed by atoms with van der Waals surface area (Å²) in [5.74, 6) is -2.75. The lowest BCUT2D eigenvalue weighted by atomic mass is 9.93. The van der Waals surface area contributed by atoms with Gasteiger partial charge in [0.25, 0.3) is 0 Å². The van der Waals surface area contributed by atoms with Crippen LogP contribution in [0.4, 0.5) is 14.5 Å². The van der Waals surface area contributed by atoms with E-state index in [1.807, 2.05) is 0 Å². The molecular weight excluding hydrogens is 578 g/mol. The number of aromatic nitrogens is 2. The van der Waals surface area contributed by atoms with Crippen molar-refractivity contribution in [2.45, 2.75) is 38.6 Å². The molecule has 5 rings (SSSR count). The molecule has 4 heterocycles. The number of carbonyl (C=O) groups excluding carboxylic acids is 2. The molecule has 0 spiro atoms. The van der Waals surface area contributed by atoms with Crippen molar-refractivity contribution in [3.8, 4) is 0 Å².